The molecule has 8 nitrogen and oxygen atoms in total. The lowest BCUT2D eigenvalue weighted by Crippen LogP contribution is -2.44. The second kappa shape index (κ2) is 7.12. The summed E-state index contributed by atoms with van der Waals surface area (Å²) in [6.07, 6.45) is 4.90. The first-order valence-electron chi connectivity index (χ1n) is 8.36. The molecule has 0 aromatic carbocycles. The van der Waals surface area contributed by atoms with Crippen LogP contribution in [0, 0.1) is 6.92 Å². The van der Waals surface area contributed by atoms with Crippen LogP contribution in [0.3, 0.4) is 0 Å². The Balaban J connectivity index is 1.87. The van der Waals surface area contributed by atoms with Crippen molar-refractivity contribution in [3.8, 4) is 0 Å². The highest BCUT2D eigenvalue weighted by Gasteiger charge is 2.33. The Hall–Kier alpha value is -2.22. The average Bonchev–Trinajstić information content (AvgIpc) is 3.26. The van der Waals surface area contributed by atoms with Crippen molar-refractivity contribution in [2.24, 2.45) is 0 Å². The molecule has 0 N–H and O–H groups in total. The maximum atomic E-state index is 13.1. The van der Waals surface area contributed by atoms with E-state index < -0.39 is 0 Å². The number of amides is 1. The first kappa shape index (κ1) is 16.6. The van der Waals surface area contributed by atoms with Gasteiger partial charge in [0.25, 0.3) is 5.91 Å². The zero-order chi connectivity index (χ0) is 17.1. The number of aromatic nitrogens is 4. The van der Waals surface area contributed by atoms with E-state index in [1.165, 1.54) is 6.39 Å². The van der Waals surface area contributed by atoms with Gasteiger partial charge in [-0.2, -0.15) is 10.1 Å². The molecule has 2 aromatic heterocycles. The van der Waals surface area contributed by atoms with Gasteiger partial charge in [-0.3, -0.25) is 9.48 Å². The number of hydrogen-bond donors (Lipinski definition) is 0. The van der Waals surface area contributed by atoms with E-state index in [1.807, 2.05) is 11.6 Å². The summed E-state index contributed by atoms with van der Waals surface area (Å²) in [6.45, 7) is 7.57. The van der Waals surface area contributed by atoms with Gasteiger partial charge in [0, 0.05) is 12.2 Å². The van der Waals surface area contributed by atoms with Crippen LogP contribution in [0.25, 0.3) is 0 Å². The molecule has 0 aliphatic carbocycles. The minimum Gasteiger partial charge on any atom is -0.377 e. The van der Waals surface area contributed by atoms with E-state index in [9.17, 15) is 4.79 Å². The lowest BCUT2D eigenvalue weighted by Gasteiger charge is -2.33. The van der Waals surface area contributed by atoms with Gasteiger partial charge in [-0.05, 0) is 19.8 Å². The average molecular weight is 333 g/mol. The van der Waals surface area contributed by atoms with Crippen LogP contribution in [0.4, 0.5) is 0 Å². The minimum atomic E-state index is -0.333. The lowest BCUT2D eigenvalue weighted by molar-refractivity contribution is -0.00582. The SMILES string of the molecule is CCC(CC)n1ncc(C(=O)N2CCOC[C@@H]2c2ncon2)c1C. The Morgan fingerprint density at radius 2 is 2.21 bits per heavy atom. The summed E-state index contributed by atoms with van der Waals surface area (Å²) in [4.78, 5) is 18.9. The van der Waals surface area contributed by atoms with Crippen LogP contribution >= 0.6 is 0 Å². The zero-order valence-corrected chi connectivity index (χ0v) is 14.3. The Morgan fingerprint density at radius 1 is 1.42 bits per heavy atom. The molecule has 130 valence electrons. The van der Waals surface area contributed by atoms with Crippen LogP contribution in [0.15, 0.2) is 17.1 Å². The van der Waals surface area contributed by atoms with Gasteiger partial charge in [0.15, 0.2) is 5.82 Å². The summed E-state index contributed by atoms with van der Waals surface area (Å²) in [5.74, 6) is 0.399. The van der Waals surface area contributed by atoms with Crippen molar-refractivity contribution in [3.05, 3.63) is 29.7 Å². The van der Waals surface area contributed by atoms with Crippen molar-refractivity contribution in [3.63, 3.8) is 0 Å². The first-order valence-corrected chi connectivity index (χ1v) is 8.36. The van der Waals surface area contributed by atoms with Gasteiger partial charge < -0.3 is 14.2 Å². The summed E-state index contributed by atoms with van der Waals surface area (Å²) in [5.41, 5.74) is 1.52. The summed E-state index contributed by atoms with van der Waals surface area (Å²) in [6, 6.07) is -0.0230. The fourth-order valence-electron chi connectivity index (χ4n) is 3.18. The molecule has 1 aliphatic rings. The van der Waals surface area contributed by atoms with Crippen molar-refractivity contribution < 1.29 is 14.1 Å². The molecular weight excluding hydrogens is 310 g/mol. The normalized spacial score (nSPS) is 18.3. The second-order valence-electron chi connectivity index (χ2n) is 5.94. The number of carbonyl (C=O) groups is 1. The maximum Gasteiger partial charge on any atom is 0.258 e. The number of carbonyl (C=O) groups excluding carboxylic acids is 1. The molecule has 1 atom stereocenters. The molecule has 1 saturated heterocycles. The Kier molecular flexibility index (Phi) is 4.94. The molecule has 2 aromatic rings. The van der Waals surface area contributed by atoms with Crippen molar-refractivity contribution in [2.75, 3.05) is 19.8 Å². The highest BCUT2D eigenvalue weighted by molar-refractivity contribution is 5.95. The lowest BCUT2D eigenvalue weighted by atomic mass is 10.1. The van der Waals surface area contributed by atoms with E-state index >= 15 is 0 Å². The van der Waals surface area contributed by atoms with Gasteiger partial charge >= 0.3 is 0 Å². The molecule has 3 heterocycles. The fraction of sp³-hybridized carbons (Fsp3) is 0.625. The van der Waals surface area contributed by atoms with E-state index in [4.69, 9.17) is 9.26 Å². The van der Waals surface area contributed by atoms with E-state index in [1.54, 1.807) is 11.1 Å². The van der Waals surface area contributed by atoms with Crippen LogP contribution in [-0.2, 0) is 4.74 Å². The highest BCUT2D eigenvalue weighted by Crippen LogP contribution is 2.26. The zero-order valence-electron chi connectivity index (χ0n) is 14.3. The molecule has 1 aliphatic heterocycles. The van der Waals surface area contributed by atoms with Gasteiger partial charge in [-0.25, -0.2) is 0 Å². The minimum absolute atomic E-state index is 0.0668. The summed E-state index contributed by atoms with van der Waals surface area (Å²) >= 11 is 0. The maximum absolute atomic E-state index is 13.1. The van der Waals surface area contributed by atoms with E-state index in [0.29, 0.717) is 37.2 Å². The highest BCUT2D eigenvalue weighted by atomic mass is 16.5. The molecule has 1 amide bonds. The smallest absolute Gasteiger partial charge is 0.258 e. The Morgan fingerprint density at radius 3 is 2.88 bits per heavy atom. The molecule has 0 saturated carbocycles. The third-order valence-corrected chi connectivity index (χ3v) is 4.63. The van der Waals surface area contributed by atoms with Crippen LogP contribution < -0.4 is 0 Å². The quantitative estimate of drug-likeness (QED) is 0.833. The standard InChI is InChI=1S/C16H23N5O3/c1-4-12(5-2)21-11(3)13(8-18-21)16(22)20-6-7-23-9-14(20)15-17-10-24-19-15/h8,10,12,14H,4-7,9H2,1-3H3/t14-/m1/s1. The van der Waals surface area contributed by atoms with Gasteiger partial charge in [0.2, 0.25) is 6.39 Å². The fourth-order valence-corrected chi connectivity index (χ4v) is 3.18. The first-order chi connectivity index (χ1) is 11.7. The van der Waals surface area contributed by atoms with Gasteiger partial charge in [-0.15, -0.1) is 0 Å². The van der Waals surface area contributed by atoms with Crippen molar-refractivity contribution >= 4 is 5.91 Å². The number of morpholine rings is 1. The molecule has 0 unspecified atom stereocenters. The number of ether oxygens (including phenoxy) is 1. The van der Waals surface area contributed by atoms with Crippen molar-refractivity contribution in [1.29, 1.82) is 0 Å². The number of rotatable bonds is 5. The summed E-state index contributed by atoms with van der Waals surface area (Å²) in [5, 5.41) is 8.32. The third-order valence-electron chi connectivity index (χ3n) is 4.63. The molecule has 0 radical (unpaired) electrons. The second-order valence-corrected chi connectivity index (χ2v) is 5.94. The van der Waals surface area contributed by atoms with Crippen LogP contribution in [0.2, 0.25) is 0 Å². The number of hydrogen-bond acceptors (Lipinski definition) is 6. The Labute approximate surface area is 140 Å². The van der Waals surface area contributed by atoms with Crippen LogP contribution in [0.5, 0.6) is 0 Å². The molecule has 0 spiro atoms. The molecule has 8 heteroatoms. The van der Waals surface area contributed by atoms with E-state index in [0.717, 1.165) is 18.5 Å². The molecule has 3 rings (SSSR count). The van der Waals surface area contributed by atoms with Crippen LogP contribution in [-0.4, -0.2) is 50.5 Å². The molecule has 24 heavy (non-hydrogen) atoms. The van der Waals surface area contributed by atoms with E-state index in [-0.39, 0.29) is 11.9 Å². The van der Waals surface area contributed by atoms with E-state index in [2.05, 4.69) is 29.1 Å². The monoisotopic (exact) mass is 333 g/mol. The molecule has 0 bridgehead atoms. The van der Waals surface area contributed by atoms with Crippen LogP contribution in [0.1, 0.15) is 60.6 Å². The third kappa shape index (κ3) is 2.93. The predicted molar refractivity (Wildman–Crippen MR) is 85.5 cm³/mol. The largest absolute Gasteiger partial charge is 0.377 e. The summed E-state index contributed by atoms with van der Waals surface area (Å²) < 4.78 is 12.3. The van der Waals surface area contributed by atoms with Crippen molar-refractivity contribution in [1.82, 2.24) is 24.8 Å². The predicted octanol–water partition coefficient (Wildman–Crippen LogP) is 2.15. The molecule has 1 fully saturated rings. The molecular formula is C16H23N5O3. The van der Waals surface area contributed by atoms with Crippen molar-refractivity contribution in [2.45, 2.75) is 45.7 Å². The van der Waals surface area contributed by atoms with Gasteiger partial charge in [0.05, 0.1) is 31.0 Å². The Bertz CT molecular complexity index is 678. The van der Waals surface area contributed by atoms with Gasteiger partial charge in [-0.1, -0.05) is 19.0 Å². The summed E-state index contributed by atoms with van der Waals surface area (Å²) in [7, 11) is 0. The number of nitrogens with zero attached hydrogens (tertiary/aromatic N) is 5. The topological polar surface area (TPSA) is 86.3 Å². The van der Waals surface area contributed by atoms with Gasteiger partial charge in [0.1, 0.15) is 6.04 Å².